The molecule has 18 heavy (non-hydrogen) atoms. The topological polar surface area (TPSA) is 67.9 Å². The number of rotatable bonds is 4. The summed E-state index contributed by atoms with van der Waals surface area (Å²) in [6, 6.07) is 3.82. The average molecular weight is 247 g/mol. The maximum atomic E-state index is 11.6. The van der Waals surface area contributed by atoms with Crippen LogP contribution in [0.2, 0.25) is 0 Å². The maximum Gasteiger partial charge on any atom is 0.306 e. The van der Waals surface area contributed by atoms with E-state index < -0.39 is 0 Å². The Morgan fingerprint density at radius 2 is 2.28 bits per heavy atom. The first kappa shape index (κ1) is 12.5. The van der Waals surface area contributed by atoms with Gasteiger partial charge in [-0.3, -0.25) is 9.89 Å². The molecule has 96 valence electrons. The van der Waals surface area contributed by atoms with Gasteiger partial charge in [-0.1, -0.05) is 13.8 Å². The molecule has 0 aliphatic heterocycles. The number of nitrogens with zero attached hydrogens (tertiary/aromatic N) is 2. The van der Waals surface area contributed by atoms with Crippen molar-refractivity contribution in [1.82, 2.24) is 15.2 Å². The number of esters is 1. The number of hydrogen-bond donors (Lipinski definition) is 1. The molecule has 0 aliphatic rings. The molecule has 0 saturated carbocycles. The van der Waals surface area contributed by atoms with Gasteiger partial charge in [-0.25, -0.2) is 4.98 Å². The number of nitrogens with one attached hydrogen (secondary N) is 1. The predicted octanol–water partition coefficient (Wildman–Crippen LogP) is 2.19. The second-order valence-corrected chi connectivity index (χ2v) is 4.84. The molecule has 0 radical (unpaired) electrons. The Bertz CT molecular complexity index is 560. The molecular weight excluding hydrogens is 230 g/mol. The first-order valence-corrected chi connectivity index (χ1v) is 6.00. The molecule has 0 aliphatic carbocycles. The van der Waals surface area contributed by atoms with Crippen LogP contribution >= 0.6 is 0 Å². The summed E-state index contributed by atoms with van der Waals surface area (Å²) in [5.41, 5.74) is 1.20. The standard InChI is InChI=1S/C13H17N3O2/c1-4-18-10(17)8-13(2,3)11-9-6-5-7-14-12(9)16-15-11/h5-7H,4,8H2,1-3H3,(H,14,15,16). The lowest BCUT2D eigenvalue weighted by atomic mass is 9.84. The molecule has 0 spiro atoms. The van der Waals surface area contributed by atoms with Gasteiger partial charge in [-0.2, -0.15) is 5.10 Å². The quantitative estimate of drug-likeness (QED) is 0.841. The number of aromatic amines is 1. The van der Waals surface area contributed by atoms with Crippen molar-refractivity contribution in [2.75, 3.05) is 6.61 Å². The Kier molecular flexibility index (Phi) is 3.32. The van der Waals surface area contributed by atoms with Crippen molar-refractivity contribution < 1.29 is 9.53 Å². The largest absolute Gasteiger partial charge is 0.466 e. The van der Waals surface area contributed by atoms with E-state index in [-0.39, 0.29) is 11.4 Å². The highest BCUT2D eigenvalue weighted by atomic mass is 16.5. The predicted molar refractivity (Wildman–Crippen MR) is 68.2 cm³/mol. The van der Waals surface area contributed by atoms with Gasteiger partial charge in [0.2, 0.25) is 0 Å². The summed E-state index contributed by atoms with van der Waals surface area (Å²) >= 11 is 0. The van der Waals surface area contributed by atoms with E-state index in [4.69, 9.17) is 4.74 Å². The molecule has 0 bridgehead atoms. The molecule has 5 nitrogen and oxygen atoms in total. The molecule has 0 saturated heterocycles. The van der Waals surface area contributed by atoms with Crippen LogP contribution in [0.3, 0.4) is 0 Å². The zero-order chi connectivity index (χ0) is 13.2. The van der Waals surface area contributed by atoms with Crippen molar-refractivity contribution in [3.05, 3.63) is 24.0 Å². The highest BCUT2D eigenvalue weighted by molar-refractivity contribution is 5.80. The SMILES string of the molecule is CCOC(=O)CC(C)(C)c1n[nH]c2ncccc12. The number of ether oxygens (including phenoxy) is 1. The van der Waals surface area contributed by atoms with Gasteiger partial charge in [0.25, 0.3) is 0 Å². The molecular formula is C13H17N3O2. The minimum Gasteiger partial charge on any atom is -0.466 e. The lowest BCUT2D eigenvalue weighted by Gasteiger charge is -2.21. The third-order valence-corrected chi connectivity index (χ3v) is 2.87. The minimum absolute atomic E-state index is 0.206. The van der Waals surface area contributed by atoms with Crippen molar-refractivity contribution in [3.63, 3.8) is 0 Å². The van der Waals surface area contributed by atoms with E-state index in [1.165, 1.54) is 0 Å². The number of H-pyrrole nitrogens is 1. The number of carbonyl (C=O) groups excluding carboxylic acids is 1. The van der Waals surface area contributed by atoms with Crippen molar-refractivity contribution in [2.24, 2.45) is 0 Å². The number of fused-ring (bicyclic) bond motifs is 1. The summed E-state index contributed by atoms with van der Waals surface area (Å²) in [5, 5.41) is 8.12. The fourth-order valence-corrected chi connectivity index (χ4v) is 2.03. The van der Waals surface area contributed by atoms with Crippen LogP contribution in [0.1, 0.15) is 32.9 Å². The van der Waals surface area contributed by atoms with Crippen LogP contribution in [0.4, 0.5) is 0 Å². The van der Waals surface area contributed by atoms with Gasteiger partial charge in [0, 0.05) is 17.0 Å². The Morgan fingerprint density at radius 3 is 3.00 bits per heavy atom. The zero-order valence-electron chi connectivity index (χ0n) is 10.9. The van der Waals surface area contributed by atoms with Gasteiger partial charge in [-0.15, -0.1) is 0 Å². The molecule has 0 aromatic carbocycles. The highest BCUT2D eigenvalue weighted by Crippen LogP contribution is 2.30. The lowest BCUT2D eigenvalue weighted by molar-refractivity contribution is -0.144. The molecule has 0 amide bonds. The fraction of sp³-hybridized carbons (Fsp3) is 0.462. The molecule has 1 N–H and O–H groups in total. The second kappa shape index (κ2) is 4.76. The van der Waals surface area contributed by atoms with Gasteiger partial charge in [-0.05, 0) is 19.1 Å². The van der Waals surface area contributed by atoms with Crippen LogP contribution in [0.15, 0.2) is 18.3 Å². The molecule has 2 rings (SSSR count). The summed E-state index contributed by atoms with van der Waals surface area (Å²) < 4.78 is 5.00. The van der Waals surface area contributed by atoms with E-state index in [2.05, 4.69) is 15.2 Å². The Labute approximate surface area is 106 Å². The normalized spacial score (nSPS) is 11.7. The number of aromatic nitrogens is 3. The first-order valence-electron chi connectivity index (χ1n) is 6.00. The minimum atomic E-state index is -0.381. The van der Waals surface area contributed by atoms with Gasteiger partial charge < -0.3 is 4.74 Å². The molecule has 2 aromatic rings. The third-order valence-electron chi connectivity index (χ3n) is 2.87. The van der Waals surface area contributed by atoms with Crippen molar-refractivity contribution in [3.8, 4) is 0 Å². The van der Waals surface area contributed by atoms with E-state index in [9.17, 15) is 4.79 Å². The summed E-state index contributed by atoms with van der Waals surface area (Å²) in [4.78, 5) is 15.8. The molecule has 0 atom stereocenters. The molecule has 0 unspecified atom stereocenters. The van der Waals surface area contributed by atoms with Crippen LogP contribution in [0, 0.1) is 0 Å². The molecule has 2 aromatic heterocycles. The molecule has 5 heteroatoms. The van der Waals surface area contributed by atoms with Crippen molar-refractivity contribution in [1.29, 1.82) is 0 Å². The monoisotopic (exact) mass is 247 g/mol. The third kappa shape index (κ3) is 2.34. The van der Waals surface area contributed by atoms with E-state index in [0.29, 0.717) is 13.0 Å². The van der Waals surface area contributed by atoms with Crippen molar-refractivity contribution in [2.45, 2.75) is 32.6 Å². The molecule has 0 fully saturated rings. The van der Waals surface area contributed by atoms with E-state index >= 15 is 0 Å². The van der Waals surface area contributed by atoms with Gasteiger partial charge in [0.15, 0.2) is 5.65 Å². The number of carbonyl (C=O) groups is 1. The van der Waals surface area contributed by atoms with Crippen molar-refractivity contribution >= 4 is 17.0 Å². The molecule has 2 heterocycles. The zero-order valence-corrected chi connectivity index (χ0v) is 10.9. The van der Waals surface area contributed by atoms with Crippen LogP contribution in [0.25, 0.3) is 11.0 Å². The maximum absolute atomic E-state index is 11.6. The Hall–Kier alpha value is -1.91. The summed E-state index contributed by atoms with van der Waals surface area (Å²) in [5.74, 6) is -0.206. The van der Waals surface area contributed by atoms with Gasteiger partial charge in [0.1, 0.15) is 0 Å². The Balaban J connectivity index is 2.31. The number of hydrogen-bond acceptors (Lipinski definition) is 4. The van der Waals surface area contributed by atoms with Gasteiger partial charge >= 0.3 is 5.97 Å². The second-order valence-electron chi connectivity index (χ2n) is 4.84. The van der Waals surface area contributed by atoms with E-state index in [0.717, 1.165) is 16.7 Å². The van der Waals surface area contributed by atoms with Gasteiger partial charge in [0.05, 0.1) is 18.7 Å². The smallest absolute Gasteiger partial charge is 0.306 e. The van der Waals surface area contributed by atoms with E-state index in [1.54, 1.807) is 13.1 Å². The van der Waals surface area contributed by atoms with E-state index in [1.807, 2.05) is 26.0 Å². The fourth-order valence-electron chi connectivity index (χ4n) is 2.03. The average Bonchev–Trinajstić information content (AvgIpc) is 2.72. The Morgan fingerprint density at radius 1 is 1.50 bits per heavy atom. The van der Waals surface area contributed by atoms with Crippen LogP contribution in [-0.4, -0.2) is 27.8 Å². The van der Waals surface area contributed by atoms with Crippen LogP contribution in [0.5, 0.6) is 0 Å². The van der Waals surface area contributed by atoms with Crippen LogP contribution < -0.4 is 0 Å². The summed E-state index contributed by atoms with van der Waals surface area (Å²) in [6.07, 6.45) is 2.01. The number of pyridine rings is 1. The van der Waals surface area contributed by atoms with Crippen LogP contribution in [-0.2, 0) is 14.9 Å². The highest BCUT2D eigenvalue weighted by Gasteiger charge is 2.29. The first-order chi connectivity index (χ1) is 8.54. The summed E-state index contributed by atoms with van der Waals surface area (Å²) in [7, 11) is 0. The summed E-state index contributed by atoms with van der Waals surface area (Å²) in [6.45, 7) is 6.16. The lowest BCUT2D eigenvalue weighted by Crippen LogP contribution is -2.24.